The standard InChI is InChI=1S/C19H25N5O2/c1-13(2)9-17(25)14-5-4-8-24(11-14)19-22-16(10-18(26)23(19)3)15-6-7-20-12-21-15/h6-7,10,12-14H,4-5,8-9,11H2,1-3H3. The highest BCUT2D eigenvalue weighted by molar-refractivity contribution is 5.82. The van der Waals surface area contributed by atoms with Crippen molar-refractivity contribution in [1.82, 2.24) is 19.5 Å². The van der Waals surface area contributed by atoms with Crippen LogP contribution in [0.2, 0.25) is 0 Å². The molecule has 1 fully saturated rings. The fourth-order valence-electron chi connectivity index (χ4n) is 3.37. The van der Waals surface area contributed by atoms with Crippen molar-refractivity contribution in [2.75, 3.05) is 18.0 Å². The monoisotopic (exact) mass is 355 g/mol. The molecule has 3 rings (SSSR count). The Balaban J connectivity index is 1.89. The number of aromatic nitrogens is 4. The molecule has 0 N–H and O–H groups in total. The molecule has 2 aromatic rings. The van der Waals surface area contributed by atoms with Gasteiger partial charge in [0.2, 0.25) is 5.95 Å². The van der Waals surface area contributed by atoms with E-state index in [1.807, 2.05) is 0 Å². The number of carbonyl (C=O) groups is 1. The minimum Gasteiger partial charge on any atom is -0.341 e. The fourth-order valence-corrected chi connectivity index (χ4v) is 3.37. The summed E-state index contributed by atoms with van der Waals surface area (Å²) in [4.78, 5) is 39.7. The Hall–Kier alpha value is -2.57. The molecule has 0 aromatic carbocycles. The van der Waals surface area contributed by atoms with Crippen LogP contribution < -0.4 is 10.5 Å². The van der Waals surface area contributed by atoms with E-state index in [0.29, 0.717) is 42.0 Å². The zero-order valence-electron chi connectivity index (χ0n) is 15.6. The second-order valence-electron chi connectivity index (χ2n) is 7.28. The van der Waals surface area contributed by atoms with Gasteiger partial charge in [-0.2, -0.15) is 0 Å². The molecular formula is C19H25N5O2. The summed E-state index contributed by atoms with van der Waals surface area (Å²) in [7, 11) is 1.72. The maximum Gasteiger partial charge on any atom is 0.255 e. The number of nitrogens with zero attached hydrogens (tertiary/aromatic N) is 5. The molecule has 1 aliphatic heterocycles. The van der Waals surface area contributed by atoms with E-state index in [1.165, 1.54) is 12.4 Å². The van der Waals surface area contributed by atoms with E-state index >= 15 is 0 Å². The first kappa shape index (κ1) is 18.2. The van der Waals surface area contributed by atoms with Crippen molar-refractivity contribution < 1.29 is 4.79 Å². The largest absolute Gasteiger partial charge is 0.341 e. The third-order valence-corrected chi connectivity index (χ3v) is 4.72. The molecule has 7 nitrogen and oxygen atoms in total. The zero-order valence-corrected chi connectivity index (χ0v) is 15.6. The molecule has 0 aliphatic carbocycles. The average Bonchev–Trinajstić information content (AvgIpc) is 2.64. The predicted molar refractivity (Wildman–Crippen MR) is 99.9 cm³/mol. The van der Waals surface area contributed by atoms with Gasteiger partial charge in [0.15, 0.2) is 0 Å². The lowest BCUT2D eigenvalue weighted by Crippen LogP contribution is -2.42. The fraction of sp³-hybridized carbons (Fsp3) is 0.526. The predicted octanol–water partition coefficient (Wildman–Crippen LogP) is 2.07. The first-order valence-electron chi connectivity index (χ1n) is 9.08. The molecule has 1 atom stereocenters. The summed E-state index contributed by atoms with van der Waals surface area (Å²) >= 11 is 0. The quantitative estimate of drug-likeness (QED) is 0.817. The van der Waals surface area contributed by atoms with E-state index in [1.54, 1.807) is 23.9 Å². The molecular weight excluding hydrogens is 330 g/mol. The van der Waals surface area contributed by atoms with Crippen molar-refractivity contribution in [3.63, 3.8) is 0 Å². The van der Waals surface area contributed by atoms with Crippen molar-refractivity contribution in [3.8, 4) is 11.4 Å². The SMILES string of the molecule is CC(C)CC(=O)C1CCCN(c2nc(-c3ccncn3)cc(=O)n2C)C1. The smallest absolute Gasteiger partial charge is 0.255 e. The Kier molecular flexibility index (Phi) is 5.44. The van der Waals surface area contributed by atoms with Crippen molar-refractivity contribution >= 4 is 11.7 Å². The van der Waals surface area contributed by atoms with E-state index < -0.39 is 0 Å². The molecule has 7 heteroatoms. The molecule has 1 unspecified atom stereocenters. The summed E-state index contributed by atoms with van der Waals surface area (Å²) in [6.07, 6.45) is 5.49. The highest BCUT2D eigenvalue weighted by atomic mass is 16.1. The van der Waals surface area contributed by atoms with Gasteiger partial charge in [-0.15, -0.1) is 0 Å². The van der Waals surface area contributed by atoms with Crippen molar-refractivity contribution in [3.05, 3.63) is 35.0 Å². The molecule has 2 aromatic heterocycles. The van der Waals surface area contributed by atoms with E-state index in [2.05, 4.69) is 33.7 Å². The number of Topliss-reactive ketones (excluding diaryl/α,β-unsaturated/α-hetero) is 1. The topological polar surface area (TPSA) is 81.0 Å². The third-order valence-electron chi connectivity index (χ3n) is 4.72. The van der Waals surface area contributed by atoms with Crippen molar-refractivity contribution in [1.29, 1.82) is 0 Å². The van der Waals surface area contributed by atoms with Gasteiger partial charge in [0.25, 0.3) is 5.56 Å². The van der Waals surface area contributed by atoms with Gasteiger partial charge in [-0.3, -0.25) is 14.2 Å². The molecule has 0 bridgehead atoms. The van der Waals surface area contributed by atoms with Crippen LogP contribution in [0.25, 0.3) is 11.4 Å². The minimum absolute atomic E-state index is 0.00533. The van der Waals surface area contributed by atoms with Crippen LogP contribution in [0.15, 0.2) is 29.5 Å². The molecule has 0 saturated carbocycles. The molecule has 138 valence electrons. The molecule has 26 heavy (non-hydrogen) atoms. The summed E-state index contributed by atoms with van der Waals surface area (Å²) < 4.78 is 1.54. The Morgan fingerprint density at radius 1 is 1.35 bits per heavy atom. The number of piperidine rings is 1. The van der Waals surface area contributed by atoms with Gasteiger partial charge < -0.3 is 4.90 Å². The maximum atomic E-state index is 12.5. The van der Waals surface area contributed by atoms with Crippen LogP contribution >= 0.6 is 0 Å². The highest BCUT2D eigenvalue weighted by Gasteiger charge is 2.28. The van der Waals surface area contributed by atoms with Crippen LogP contribution in [-0.2, 0) is 11.8 Å². The van der Waals surface area contributed by atoms with Gasteiger partial charge in [-0.05, 0) is 24.8 Å². The summed E-state index contributed by atoms with van der Waals surface area (Å²) in [5, 5.41) is 0. The Morgan fingerprint density at radius 2 is 2.15 bits per heavy atom. The van der Waals surface area contributed by atoms with Gasteiger partial charge >= 0.3 is 0 Å². The van der Waals surface area contributed by atoms with Crippen LogP contribution in [0.3, 0.4) is 0 Å². The van der Waals surface area contributed by atoms with Gasteiger partial charge in [0.1, 0.15) is 12.1 Å². The van der Waals surface area contributed by atoms with E-state index in [4.69, 9.17) is 0 Å². The van der Waals surface area contributed by atoms with E-state index in [-0.39, 0.29) is 11.5 Å². The van der Waals surface area contributed by atoms with Crippen LogP contribution in [0, 0.1) is 11.8 Å². The first-order chi connectivity index (χ1) is 12.5. The second kappa shape index (κ2) is 7.76. The van der Waals surface area contributed by atoms with Crippen molar-refractivity contribution in [2.24, 2.45) is 18.9 Å². The number of hydrogen-bond acceptors (Lipinski definition) is 6. The summed E-state index contributed by atoms with van der Waals surface area (Å²) in [6, 6.07) is 3.22. The molecule has 1 saturated heterocycles. The van der Waals surface area contributed by atoms with Crippen LogP contribution in [0.4, 0.5) is 5.95 Å². The number of carbonyl (C=O) groups excluding carboxylic acids is 1. The third kappa shape index (κ3) is 3.98. The summed E-state index contributed by atoms with van der Waals surface area (Å²) in [5.41, 5.74) is 1.00. The van der Waals surface area contributed by atoms with Gasteiger partial charge in [-0.1, -0.05) is 13.8 Å². The lowest BCUT2D eigenvalue weighted by atomic mass is 9.89. The zero-order chi connectivity index (χ0) is 18.7. The molecule has 0 radical (unpaired) electrons. The van der Waals surface area contributed by atoms with Crippen LogP contribution in [0.1, 0.15) is 33.1 Å². The highest BCUT2D eigenvalue weighted by Crippen LogP contribution is 2.24. The van der Waals surface area contributed by atoms with Gasteiger partial charge in [-0.25, -0.2) is 15.0 Å². The second-order valence-corrected chi connectivity index (χ2v) is 7.28. The lowest BCUT2D eigenvalue weighted by molar-refractivity contribution is -0.123. The number of anilines is 1. The Labute approximate surface area is 153 Å². The maximum absolute atomic E-state index is 12.5. The molecule has 0 spiro atoms. The molecule has 1 aliphatic rings. The lowest BCUT2D eigenvalue weighted by Gasteiger charge is -2.33. The number of rotatable bonds is 5. The Morgan fingerprint density at radius 3 is 2.85 bits per heavy atom. The normalized spacial score (nSPS) is 17.5. The van der Waals surface area contributed by atoms with Crippen LogP contribution in [-0.4, -0.2) is 38.4 Å². The van der Waals surface area contributed by atoms with Crippen LogP contribution in [0.5, 0.6) is 0 Å². The minimum atomic E-state index is -0.140. The van der Waals surface area contributed by atoms with Crippen molar-refractivity contribution in [2.45, 2.75) is 33.1 Å². The van der Waals surface area contributed by atoms with Gasteiger partial charge in [0, 0.05) is 44.7 Å². The number of hydrogen-bond donors (Lipinski definition) is 0. The first-order valence-corrected chi connectivity index (χ1v) is 9.08. The van der Waals surface area contributed by atoms with E-state index in [0.717, 1.165) is 19.4 Å². The summed E-state index contributed by atoms with van der Waals surface area (Å²) in [5.74, 6) is 1.27. The summed E-state index contributed by atoms with van der Waals surface area (Å²) in [6.45, 7) is 5.53. The molecule has 0 amide bonds. The average molecular weight is 355 g/mol. The van der Waals surface area contributed by atoms with Gasteiger partial charge in [0.05, 0.1) is 11.4 Å². The number of ketones is 1. The molecule has 3 heterocycles. The Bertz CT molecular complexity index is 832. The van der Waals surface area contributed by atoms with E-state index in [9.17, 15) is 9.59 Å².